The van der Waals surface area contributed by atoms with Gasteiger partial charge in [0.25, 0.3) is 0 Å². The van der Waals surface area contributed by atoms with Crippen LogP contribution in [0.3, 0.4) is 0 Å². The average molecular weight is 331 g/mol. The predicted octanol–water partition coefficient (Wildman–Crippen LogP) is 4.28. The number of aromatic nitrogens is 1. The second-order valence-electron chi connectivity index (χ2n) is 6.35. The Morgan fingerprint density at radius 3 is 2.85 bits per heavy atom. The summed E-state index contributed by atoms with van der Waals surface area (Å²) in [6.45, 7) is 2.11. The fourth-order valence-corrected chi connectivity index (χ4v) is 3.82. The molecule has 0 atom stereocenters. The predicted molar refractivity (Wildman–Crippen MR) is 85.5 cm³/mol. The highest BCUT2D eigenvalue weighted by Crippen LogP contribution is 2.60. The average Bonchev–Trinajstić information content (AvgIpc) is 3.35. The Morgan fingerprint density at radius 1 is 1.25 bits per heavy atom. The number of halogens is 1. The summed E-state index contributed by atoms with van der Waals surface area (Å²) in [5.74, 6) is 1.02. The van der Waals surface area contributed by atoms with E-state index in [9.17, 15) is 0 Å². The zero-order valence-corrected chi connectivity index (χ0v) is 13.1. The Hall–Kier alpha value is -0.930. The fraction of sp³-hybridized carbons (Fsp3) is 0.471. The standard InChI is InChI=1S/C17H19BrN2/c18-15-6-3-12(16-14(15)2-1-9-20-16)10-19-11-17(7-8-17)13-4-5-13/h1-3,6,9,13,19H,4-5,7-8,10-11H2. The second kappa shape index (κ2) is 4.81. The van der Waals surface area contributed by atoms with Crippen LogP contribution in [0, 0.1) is 11.3 Å². The molecule has 2 nitrogen and oxygen atoms in total. The molecule has 2 saturated carbocycles. The lowest BCUT2D eigenvalue weighted by Gasteiger charge is -2.15. The van der Waals surface area contributed by atoms with E-state index in [-0.39, 0.29) is 0 Å². The first kappa shape index (κ1) is 12.8. The third kappa shape index (κ3) is 2.27. The minimum absolute atomic E-state index is 0.665. The Morgan fingerprint density at radius 2 is 2.10 bits per heavy atom. The van der Waals surface area contributed by atoms with E-state index in [1.165, 1.54) is 43.2 Å². The smallest absolute Gasteiger partial charge is 0.0758 e. The lowest BCUT2D eigenvalue weighted by Crippen LogP contribution is -2.25. The van der Waals surface area contributed by atoms with Gasteiger partial charge in [0.1, 0.15) is 0 Å². The molecule has 1 heterocycles. The van der Waals surface area contributed by atoms with Crippen molar-refractivity contribution in [2.24, 2.45) is 11.3 Å². The lowest BCUT2D eigenvalue weighted by atomic mass is 10.0. The molecule has 0 unspecified atom stereocenters. The van der Waals surface area contributed by atoms with E-state index in [4.69, 9.17) is 0 Å². The van der Waals surface area contributed by atoms with Crippen LogP contribution in [0.1, 0.15) is 31.2 Å². The largest absolute Gasteiger partial charge is 0.312 e. The molecular weight excluding hydrogens is 312 g/mol. The minimum Gasteiger partial charge on any atom is -0.312 e. The molecule has 2 aromatic rings. The number of benzene rings is 1. The van der Waals surface area contributed by atoms with Gasteiger partial charge in [-0.3, -0.25) is 4.98 Å². The first-order chi connectivity index (χ1) is 9.78. The summed E-state index contributed by atoms with van der Waals surface area (Å²) in [5.41, 5.74) is 3.08. The van der Waals surface area contributed by atoms with Crippen LogP contribution >= 0.6 is 15.9 Å². The third-order valence-corrected chi connectivity index (χ3v) is 5.62. The van der Waals surface area contributed by atoms with Gasteiger partial charge in [-0.2, -0.15) is 0 Å². The molecule has 0 saturated heterocycles. The SMILES string of the molecule is Brc1ccc(CNCC2(C3CC3)CC2)c2ncccc12. The molecule has 0 radical (unpaired) electrons. The number of hydrogen-bond donors (Lipinski definition) is 1. The van der Waals surface area contributed by atoms with Crippen LogP contribution in [0.5, 0.6) is 0 Å². The van der Waals surface area contributed by atoms with E-state index in [1.807, 2.05) is 12.3 Å². The molecule has 2 fully saturated rings. The Kier molecular flexibility index (Phi) is 3.08. The van der Waals surface area contributed by atoms with E-state index in [0.29, 0.717) is 5.41 Å². The maximum Gasteiger partial charge on any atom is 0.0758 e. The van der Waals surface area contributed by atoms with Crippen LogP contribution < -0.4 is 5.32 Å². The quantitative estimate of drug-likeness (QED) is 0.885. The molecule has 0 aliphatic heterocycles. The van der Waals surface area contributed by atoms with Gasteiger partial charge in [0.05, 0.1) is 5.52 Å². The molecule has 2 aliphatic rings. The van der Waals surface area contributed by atoms with E-state index in [0.717, 1.165) is 22.5 Å². The van der Waals surface area contributed by atoms with Gasteiger partial charge < -0.3 is 5.32 Å². The molecule has 3 heteroatoms. The number of nitrogens with one attached hydrogen (secondary N) is 1. The molecular formula is C17H19BrN2. The van der Waals surface area contributed by atoms with E-state index < -0.39 is 0 Å². The minimum atomic E-state index is 0.665. The van der Waals surface area contributed by atoms with Crippen molar-refractivity contribution in [3.8, 4) is 0 Å². The van der Waals surface area contributed by atoms with Crippen LogP contribution in [0.25, 0.3) is 10.9 Å². The number of nitrogens with zero attached hydrogens (tertiary/aromatic N) is 1. The summed E-state index contributed by atoms with van der Waals surface area (Å²) in [6.07, 6.45) is 7.67. The summed E-state index contributed by atoms with van der Waals surface area (Å²) < 4.78 is 1.13. The Labute approximate surface area is 128 Å². The molecule has 20 heavy (non-hydrogen) atoms. The van der Waals surface area contributed by atoms with Crippen molar-refractivity contribution in [2.75, 3.05) is 6.54 Å². The van der Waals surface area contributed by atoms with Crippen molar-refractivity contribution in [1.29, 1.82) is 0 Å². The first-order valence-corrected chi connectivity index (χ1v) is 8.31. The second-order valence-corrected chi connectivity index (χ2v) is 7.20. The molecule has 1 aromatic carbocycles. The fourth-order valence-electron chi connectivity index (χ4n) is 3.37. The van der Waals surface area contributed by atoms with Crippen LogP contribution in [0.4, 0.5) is 0 Å². The van der Waals surface area contributed by atoms with Crippen LogP contribution in [0.15, 0.2) is 34.9 Å². The van der Waals surface area contributed by atoms with Crippen molar-refractivity contribution < 1.29 is 0 Å². The summed E-state index contributed by atoms with van der Waals surface area (Å²) in [5, 5.41) is 4.89. The van der Waals surface area contributed by atoms with Crippen molar-refractivity contribution in [2.45, 2.75) is 32.2 Å². The highest BCUT2D eigenvalue weighted by Gasteiger charge is 2.53. The zero-order chi connectivity index (χ0) is 13.6. The molecule has 0 spiro atoms. The van der Waals surface area contributed by atoms with E-state index >= 15 is 0 Å². The van der Waals surface area contributed by atoms with E-state index in [1.54, 1.807) is 0 Å². The van der Waals surface area contributed by atoms with Crippen molar-refractivity contribution in [3.63, 3.8) is 0 Å². The normalized spacial score (nSPS) is 20.2. The van der Waals surface area contributed by atoms with Gasteiger partial charge >= 0.3 is 0 Å². The maximum atomic E-state index is 4.55. The zero-order valence-electron chi connectivity index (χ0n) is 11.5. The van der Waals surface area contributed by atoms with Gasteiger partial charge in [0.2, 0.25) is 0 Å². The third-order valence-electron chi connectivity index (χ3n) is 4.93. The molecule has 0 amide bonds. The van der Waals surface area contributed by atoms with Crippen molar-refractivity contribution in [1.82, 2.24) is 10.3 Å². The monoisotopic (exact) mass is 330 g/mol. The summed E-state index contributed by atoms with van der Waals surface area (Å²) in [6, 6.07) is 8.44. The van der Waals surface area contributed by atoms with Gasteiger partial charge in [-0.1, -0.05) is 28.1 Å². The van der Waals surface area contributed by atoms with Gasteiger partial charge in [-0.05, 0) is 54.7 Å². The van der Waals surface area contributed by atoms with Crippen molar-refractivity contribution in [3.05, 3.63) is 40.5 Å². The van der Waals surface area contributed by atoms with Gasteiger partial charge in [0, 0.05) is 29.1 Å². The Balaban J connectivity index is 1.50. The summed E-state index contributed by atoms with van der Waals surface area (Å²) in [7, 11) is 0. The van der Waals surface area contributed by atoms with Crippen molar-refractivity contribution >= 4 is 26.8 Å². The lowest BCUT2D eigenvalue weighted by molar-refractivity contribution is 0.404. The van der Waals surface area contributed by atoms with Crippen LogP contribution in [0.2, 0.25) is 0 Å². The molecule has 1 aromatic heterocycles. The molecule has 104 valence electrons. The molecule has 2 aliphatic carbocycles. The van der Waals surface area contributed by atoms with Gasteiger partial charge in [-0.15, -0.1) is 0 Å². The molecule has 4 rings (SSSR count). The number of fused-ring (bicyclic) bond motifs is 1. The summed E-state index contributed by atoms with van der Waals surface area (Å²) in [4.78, 5) is 4.55. The highest BCUT2D eigenvalue weighted by atomic mass is 79.9. The Bertz CT molecular complexity index is 644. The summed E-state index contributed by atoms with van der Waals surface area (Å²) >= 11 is 3.61. The first-order valence-electron chi connectivity index (χ1n) is 7.51. The number of pyridine rings is 1. The topological polar surface area (TPSA) is 24.9 Å². The molecule has 1 N–H and O–H groups in total. The van der Waals surface area contributed by atoms with Crippen LogP contribution in [-0.4, -0.2) is 11.5 Å². The molecule has 0 bridgehead atoms. The maximum absolute atomic E-state index is 4.55. The number of hydrogen-bond acceptors (Lipinski definition) is 2. The number of rotatable bonds is 5. The van der Waals surface area contributed by atoms with Gasteiger partial charge in [0.15, 0.2) is 0 Å². The van der Waals surface area contributed by atoms with Crippen LogP contribution in [-0.2, 0) is 6.54 Å². The highest BCUT2D eigenvalue weighted by molar-refractivity contribution is 9.10. The van der Waals surface area contributed by atoms with E-state index in [2.05, 4.69) is 44.4 Å². The van der Waals surface area contributed by atoms with Gasteiger partial charge in [-0.25, -0.2) is 0 Å².